The molecule has 4 rings (SSSR count). The molecule has 0 spiro atoms. The van der Waals surface area contributed by atoms with Crippen LogP contribution in [-0.2, 0) is 16.8 Å². The number of aliphatic hydroxyl groups is 1. The average Bonchev–Trinajstić information content (AvgIpc) is 3.10. The Kier molecular flexibility index (Phi) is 4.52. The van der Waals surface area contributed by atoms with E-state index in [-0.39, 0.29) is 24.1 Å². The molecule has 28 heavy (non-hydrogen) atoms. The summed E-state index contributed by atoms with van der Waals surface area (Å²) < 4.78 is 5.45. The molecule has 0 aliphatic carbocycles. The van der Waals surface area contributed by atoms with Crippen molar-refractivity contribution >= 4 is 17.5 Å². The van der Waals surface area contributed by atoms with Crippen LogP contribution in [0.4, 0.5) is 6.01 Å². The molecule has 1 aliphatic heterocycles. The first-order valence-electron chi connectivity index (χ1n) is 8.99. The highest BCUT2D eigenvalue weighted by molar-refractivity contribution is 6.16. The monoisotopic (exact) mass is 376 g/mol. The number of nitrogens with one attached hydrogen (secondary N) is 1. The lowest BCUT2D eigenvalue weighted by Gasteiger charge is -2.12. The number of nitrogens with zero attached hydrogens (tertiary/aromatic N) is 3. The van der Waals surface area contributed by atoms with Crippen molar-refractivity contribution in [2.24, 2.45) is 4.99 Å². The highest BCUT2D eigenvalue weighted by atomic mass is 16.4. The number of rotatable bonds is 4. The first-order valence-corrected chi connectivity index (χ1v) is 8.99. The second-order valence-corrected chi connectivity index (χ2v) is 7.16. The third kappa shape index (κ3) is 3.57. The summed E-state index contributed by atoms with van der Waals surface area (Å²) >= 11 is 0. The molecule has 0 radical (unpaired) electrons. The third-order valence-electron chi connectivity index (χ3n) is 4.46. The largest absolute Gasteiger partial charge is 0.405 e. The van der Waals surface area contributed by atoms with Gasteiger partial charge in [-0.05, 0) is 19.4 Å². The molecular formula is C21H20N4O3. The SMILES string of the molecule is CC(C)(O)c1nnc(NC2N=C(c3ccccc3)c3ccccc3CC2=O)o1. The van der Waals surface area contributed by atoms with E-state index in [2.05, 4.69) is 15.5 Å². The molecule has 2 aromatic carbocycles. The van der Waals surface area contributed by atoms with E-state index in [1.165, 1.54) is 0 Å². The lowest BCUT2D eigenvalue weighted by Crippen LogP contribution is -2.29. The molecule has 7 heteroatoms. The molecule has 7 nitrogen and oxygen atoms in total. The highest BCUT2D eigenvalue weighted by Crippen LogP contribution is 2.24. The van der Waals surface area contributed by atoms with Gasteiger partial charge in [-0.3, -0.25) is 9.79 Å². The summed E-state index contributed by atoms with van der Waals surface area (Å²) in [5.41, 5.74) is 2.21. The minimum atomic E-state index is -1.27. The van der Waals surface area contributed by atoms with Crippen LogP contribution in [0.1, 0.15) is 36.4 Å². The predicted molar refractivity (Wildman–Crippen MR) is 104 cm³/mol. The van der Waals surface area contributed by atoms with E-state index in [0.29, 0.717) is 0 Å². The summed E-state index contributed by atoms with van der Waals surface area (Å²) in [4.78, 5) is 17.6. The summed E-state index contributed by atoms with van der Waals surface area (Å²) in [7, 11) is 0. The summed E-state index contributed by atoms with van der Waals surface area (Å²) in [6.45, 7) is 3.09. The van der Waals surface area contributed by atoms with Gasteiger partial charge in [0.05, 0.1) is 5.71 Å². The summed E-state index contributed by atoms with van der Waals surface area (Å²) in [5.74, 6) is -0.0481. The zero-order valence-electron chi connectivity index (χ0n) is 15.6. The number of ketones is 1. The zero-order valence-corrected chi connectivity index (χ0v) is 15.6. The van der Waals surface area contributed by atoms with Gasteiger partial charge in [0.15, 0.2) is 11.9 Å². The van der Waals surface area contributed by atoms with Crippen LogP contribution in [0.25, 0.3) is 0 Å². The number of carbonyl (C=O) groups excluding carboxylic acids is 1. The van der Waals surface area contributed by atoms with Crippen LogP contribution in [0.3, 0.4) is 0 Å². The molecule has 0 saturated heterocycles. The lowest BCUT2D eigenvalue weighted by molar-refractivity contribution is -0.119. The fourth-order valence-electron chi connectivity index (χ4n) is 3.05. The Balaban J connectivity index is 1.74. The van der Waals surface area contributed by atoms with Crippen molar-refractivity contribution in [1.29, 1.82) is 0 Å². The summed E-state index contributed by atoms with van der Waals surface area (Å²) in [6, 6.07) is 17.5. The second kappa shape index (κ2) is 7.01. The smallest absolute Gasteiger partial charge is 0.317 e. The van der Waals surface area contributed by atoms with E-state index < -0.39 is 11.8 Å². The van der Waals surface area contributed by atoms with E-state index in [1.54, 1.807) is 13.8 Å². The fraction of sp³-hybridized carbons (Fsp3) is 0.238. The first kappa shape index (κ1) is 18.1. The van der Waals surface area contributed by atoms with E-state index in [0.717, 1.165) is 22.4 Å². The maximum absolute atomic E-state index is 12.9. The Bertz CT molecular complexity index is 1040. The Hall–Kier alpha value is -3.32. The van der Waals surface area contributed by atoms with Crippen LogP contribution in [0.5, 0.6) is 0 Å². The number of aromatic nitrogens is 2. The molecule has 1 atom stereocenters. The molecule has 0 bridgehead atoms. The molecule has 0 fully saturated rings. The summed E-state index contributed by atoms with van der Waals surface area (Å²) in [6.07, 6.45) is -0.641. The lowest BCUT2D eigenvalue weighted by atomic mass is 9.96. The predicted octanol–water partition coefficient (Wildman–Crippen LogP) is 2.70. The number of benzene rings is 2. The van der Waals surface area contributed by atoms with Crippen molar-refractivity contribution in [3.05, 3.63) is 77.2 Å². The van der Waals surface area contributed by atoms with Gasteiger partial charge in [-0.2, -0.15) is 0 Å². The van der Waals surface area contributed by atoms with Crippen LogP contribution >= 0.6 is 0 Å². The number of fused-ring (bicyclic) bond motifs is 1. The van der Waals surface area contributed by atoms with Gasteiger partial charge in [-0.1, -0.05) is 59.7 Å². The van der Waals surface area contributed by atoms with Gasteiger partial charge in [0.2, 0.25) is 5.89 Å². The Morgan fingerprint density at radius 1 is 1.07 bits per heavy atom. The molecule has 1 aromatic heterocycles. The van der Waals surface area contributed by atoms with Crippen LogP contribution in [0, 0.1) is 0 Å². The van der Waals surface area contributed by atoms with Gasteiger partial charge in [-0.25, -0.2) is 0 Å². The number of anilines is 1. The number of hydrogen-bond donors (Lipinski definition) is 2. The van der Waals surface area contributed by atoms with Crippen LogP contribution in [0.15, 0.2) is 64.0 Å². The van der Waals surface area contributed by atoms with Gasteiger partial charge < -0.3 is 14.8 Å². The molecular weight excluding hydrogens is 356 g/mol. The van der Waals surface area contributed by atoms with Crippen molar-refractivity contribution in [3.8, 4) is 0 Å². The van der Waals surface area contributed by atoms with Crippen LogP contribution in [-0.4, -0.2) is 33.0 Å². The molecule has 1 aliphatic rings. The van der Waals surface area contributed by atoms with Crippen molar-refractivity contribution < 1.29 is 14.3 Å². The summed E-state index contributed by atoms with van der Waals surface area (Å²) in [5, 5.41) is 20.6. The van der Waals surface area contributed by atoms with Crippen molar-refractivity contribution in [2.75, 3.05) is 5.32 Å². The molecule has 3 aromatic rings. The molecule has 1 unspecified atom stereocenters. The van der Waals surface area contributed by atoms with Crippen molar-refractivity contribution in [3.63, 3.8) is 0 Å². The molecule has 2 N–H and O–H groups in total. The maximum atomic E-state index is 12.9. The molecule has 142 valence electrons. The van der Waals surface area contributed by atoms with E-state index >= 15 is 0 Å². The van der Waals surface area contributed by atoms with Crippen molar-refractivity contribution in [2.45, 2.75) is 32.0 Å². The van der Waals surface area contributed by atoms with Gasteiger partial charge in [0, 0.05) is 17.5 Å². The third-order valence-corrected chi connectivity index (χ3v) is 4.46. The number of carbonyl (C=O) groups is 1. The number of hydrogen-bond acceptors (Lipinski definition) is 7. The first-order chi connectivity index (χ1) is 13.4. The van der Waals surface area contributed by atoms with Gasteiger partial charge >= 0.3 is 6.01 Å². The topological polar surface area (TPSA) is 101 Å². The van der Waals surface area contributed by atoms with Gasteiger partial charge in [-0.15, -0.1) is 5.10 Å². The fourth-order valence-corrected chi connectivity index (χ4v) is 3.05. The second-order valence-electron chi connectivity index (χ2n) is 7.16. The Labute approximate surface area is 162 Å². The number of Topliss-reactive ketones (excluding diaryl/α,β-unsaturated/α-hetero) is 1. The van der Waals surface area contributed by atoms with E-state index in [4.69, 9.17) is 9.41 Å². The zero-order chi connectivity index (χ0) is 19.7. The molecule has 0 amide bonds. The van der Waals surface area contributed by atoms with Crippen molar-refractivity contribution in [1.82, 2.24) is 10.2 Å². The van der Waals surface area contributed by atoms with Gasteiger partial charge in [0.25, 0.3) is 0 Å². The van der Waals surface area contributed by atoms with Crippen LogP contribution in [0.2, 0.25) is 0 Å². The normalized spacial score (nSPS) is 16.9. The van der Waals surface area contributed by atoms with E-state index in [1.807, 2.05) is 54.6 Å². The Morgan fingerprint density at radius 2 is 1.79 bits per heavy atom. The number of aliphatic imine (C=N–C) groups is 1. The van der Waals surface area contributed by atoms with E-state index in [9.17, 15) is 9.90 Å². The van der Waals surface area contributed by atoms with Gasteiger partial charge in [0.1, 0.15) is 5.60 Å². The maximum Gasteiger partial charge on any atom is 0.317 e. The van der Waals surface area contributed by atoms with Crippen LogP contribution < -0.4 is 5.32 Å². The highest BCUT2D eigenvalue weighted by Gasteiger charge is 2.29. The molecule has 0 saturated carbocycles. The standard InChI is InChI=1S/C21H20N4O3/c1-21(2,27)19-24-25-20(28-19)23-18-16(26)12-14-10-6-7-11-15(14)17(22-18)13-8-4-3-5-9-13/h3-11,18,27H,12H2,1-2H3,(H,23,25). The quantitative estimate of drug-likeness (QED) is 0.726. The average molecular weight is 376 g/mol. The minimum absolute atomic E-state index is 0.0394. The minimum Gasteiger partial charge on any atom is -0.405 e. The Morgan fingerprint density at radius 3 is 2.50 bits per heavy atom. The molecule has 2 heterocycles.